The van der Waals surface area contributed by atoms with Crippen molar-refractivity contribution in [1.29, 1.82) is 0 Å². The summed E-state index contributed by atoms with van der Waals surface area (Å²) in [5, 5.41) is 42.2. The van der Waals surface area contributed by atoms with E-state index in [2.05, 4.69) is 16.0 Å². The van der Waals surface area contributed by atoms with Gasteiger partial charge in [-0.05, 0) is 45.3 Å². The first-order chi connectivity index (χ1) is 14.8. The zero-order valence-corrected chi connectivity index (χ0v) is 17.9. The van der Waals surface area contributed by atoms with Crippen molar-refractivity contribution < 1.29 is 33.9 Å². The quantitative estimate of drug-likeness (QED) is 0.347. The summed E-state index contributed by atoms with van der Waals surface area (Å²) in [6, 6.07) is 4.73. The number of aliphatic hydroxyl groups excluding tert-OH is 2. The van der Waals surface area contributed by atoms with Gasteiger partial charge in [-0.2, -0.15) is 0 Å². The minimum atomic E-state index is -1.35. The summed E-state index contributed by atoms with van der Waals surface area (Å²) in [6.45, 7) is 1.96. The Balaban J connectivity index is 1.56. The van der Waals surface area contributed by atoms with Crippen LogP contribution in [0.25, 0.3) is 0 Å². The number of rotatable bonds is 5. The van der Waals surface area contributed by atoms with Crippen LogP contribution in [-0.2, 0) is 14.2 Å². The summed E-state index contributed by atoms with van der Waals surface area (Å²) in [6.07, 6.45) is -5.16. The second-order valence-corrected chi connectivity index (χ2v) is 8.72. The van der Waals surface area contributed by atoms with Gasteiger partial charge in [-0.3, -0.25) is 0 Å². The van der Waals surface area contributed by atoms with Gasteiger partial charge in [0.15, 0.2) is 6.29 Å². The van der Waals surface area contributed by atoms with Gasteiger partial charge in [0.1, 0.15) is 35.8 Å². The maximum absolute atomic E-state index is 13.2. The largest absolute Gasteiger partial charge is 0.390 e. The summed E-state index contributed by atoms with van der Waals surface area (Å²) >= 11 is 0. The second kappa shape index (κ2) is 8.87. The zero-order valence-electron chi connectivity index (χ0n) is 17.9. The number of fused-ring (bicyclic) bond motifs is 2. The van der Waals surface area contributed by atoms with Gasteiger partial charge in [0.05, 0.1) is 24.3 Å². The number of benzene rings is 1. The van der Waals surface area contributed by atoms with Crippen LogP contribution >= 0.6 is 0 Å². The SMILES string of the molecule is CNC1C(O)C(NC)C2OC3C(OC(C)CC3(O)CNc3ccc(F)cc3)OC2C1O. The van der Waals surface area contributed by atoms with Crippen LogP contribution in [0.15, 0.2) is 24.3 Å². The minimum absolute atomic E-state index is 0.128. The Morgan fingerprint density at radius 1 is 1.00 bits per heavy atom. The van der Waals surface area contributed by atoms with Crippen LogP contribution in [-0.4, -0.2) is 96.6 Å². The number of anilines is 1. The Morgan fingerprint density at radius 2 is 1.68 bits per heavy atom. The third-order valence-electron chi connectivity index (χ3n) is 6.61. The summed E-state index contributed by atoms with van der Waals surface area (Å²) in [5.41, 5.74) is -0.691. The lowest BCUT2D eigenvalue weighted by atomic mass is 9.79. The van der Waals surface area contributed by atoms with Crippen LogP contribution in [0.1, 0.15) is 13.3 Å². The number of halogens is 1. The molecule has 0 bridgehead atoms. The van der Waals surface area contributed by atoms with Crippen molar-refractivity contribution in [1.82, 2.24) is 10.6 Å². The van der Waals surface area contributed by atoms with Crippen molar-refractivity contribution in [2.45, 2.75) is 73.9 Å². The van der Waals surface area contributed by atoms with Crippen molar-refractivity contribution in [3.8, 4) is 0 Å². The maximum Gasteiger partial charge on any atom is 0.187 e. The average Bonchev–Trinajstić information content (AvgIpc) is 2.73. The molecule has 0 amide bonds. The molecule has 4 rings (SSSR count). The van der Waals surface area contributed by atoms with Crippen molar-refractivity contribution in [3.63, 3.8) is 0 Å². The van der Waals surface area contributed by atoms with Crippen LogP contribution in [0.4, 0.5) is 10.1 Å². The third-order valence-corrected chi connectivity index (χ3v) is 6.61. The maximum atomic E-state index is 13.2. The molecular weight excluding hydrogens is 409 g/mol. The first-order valence-corrected chi connectivity index (χ1v) is 10.7. The molecule has 6 N–H and O–H groups in total. The monoisotopic (exact) mass is 441 g/mol. The number of ether oxygens (including phenoxy) is 3. The zero-order chi connectivity index (χ0) is 22.3. The van der Waals surface area contributed by atoms with E-state index >= 15 is 0 Å². The Hall–Kier alpha value is -1.37. The standard InChI is InChI=1S/C21H32FN3O6/c1-10-8-21(28,9-25-12-6-4-11(22)5-7-12)19-20(29-10)31-18-16(27)13(23-2)15(26)14(24-3)17(18)30-19/h4-7,10,13-20,23-28H,8-9H2,1-3H3. The van der Waals surface area contributed by atoms with Crippen LogP contribution < -0.4 is 16.0 Å². The summed E-state index contributed by atoms with van der Waals surface area (Å²) in [7, 11) is 3.36. The van der Waals surface area contributed by atoms with E-state index in [4.69, 9.17) is 14.2 Å². The Kier molecular flexibility index (Phi) is 6.53. The van der Waals surface area contributed by atoms with Gasteiger partial charge >= 0.3 is 0 Å². The molecule has 2 saturated heterocycles. The normalized spacial score (nSPS) is 44.9. The van der Waals surface area contributed by atoms with Gasteiger partial charge in [-0.15, -0.1) is 0 Å². The van der Waals surface area contributed by atoms with Crippen LogP contribution in [0, 0.1) is 5.82 Å². The molecule has 10 unspecified atom stereocenters. The predicted octanol–water partition coefficient (Wildman–Crippen LogP) is -0.832. The van der Waals surface area contributed by atoms with Gasteiger partial charge in [-0.25, -0.2) is 4.39 Å². The first kappa shape index (κ1) is 22.8. The highest BCUT2D eigenvalue weighted by atomic mass is 19.1. The summed E-state index contributed by atoms with van der Waals surface area (Å²) in [4.78, 5) is 0. The topological polar surface area (TPSA) is 124 Å². The first-order valence-electron chi connectivity index (χ1n) is 10.7. The lowest BCUT2D eigenvalue weighted by molar-refractivity contribution is -0.383. The third kappa shape index (κ3) is 4.19. The van der Waals surface area contributed by atoms with Crippen LogP contribution in [0.2, 0.25) is 0 Å². The number of likely N-dealkylation sites (N-methyl/N-ethyl adjacent to an activating group) is 2. The molecule has 174 valence electrons. The van der Waals surface area contributed by atoms with E-state index in [-0.39, 0.29) is 24.9 Å². The van der Waals surface area contributed by atoms with E-state index in [0.29, 0.717) is 5.69 Å². The van der Waals surface area contributed by atoms with Crippen LogP contribution in [0.3, 0.4) is 0 Å². The molecule has 3 fully saturated rings. The molecule has 1 saturated carbocycles. The lowest BCUT2D eigenvalue weighted by Crippen LogP contribution is -2.76. The van der Waals surface area contributed by atoms with Gasteiger partial charge in [0.2, 0.25) is 0 Å². The molecule has 0 spiro atoms. The van der Waals surface area contributed by atoms with Gasteiger partial charge < -0.3 is 45.5 Å². The Morgan fingerprint density at radius 3 is 2.32 bits per heavy atom. The van der Waals surface area contributed by atoms with E-state index in [9.17, 15) is 19.7 Å². The summed E-state index contributed by atoms with van der Waals surface area (Å²) < 4.78 is 31.5. The molecule has 1 aliphatic carbocycles. The predicted molar refractivity (Wildman–Crippen MR) is 110 cm³/mol. The molecule has 0 aromatic heterocycles. The van der Waals surface area contributed by atoms with E-state index < -0.39 is 54.5 Å². The van der Waals surface area contributed by atoms with Crippen molar-refractivity contribution in [3.05, 3.63) is 30.1 Å². The molecule has 0 radical (unpaired) electrons. The highest BCUT2D eigenvalue weighted by Crippen LogP contribution is 2.41. The highest BCUT2D eigenvalue weighted by Gasteiger charge is 2.60. The fourth-order valence-corrected chi connectivity index (χ4v) is 5.05. The average molecular weight is 442 g/mol. The molecule has 10 atom stereocenters. The number of hydrogen-bond acceptors (Lipinski definition) is 9. The fraction of sp³-hybridized carbons (Fsp3) is 0.714. The molecular formula is C21H32FN3O6. The van der Waals surface area contributed by atoms with E-state index in [1.54, 1.807) is 26.2 Å². The number of nitrogens with one attached hydrogen (secondary N) is 3. The van der Waals surface area contributed by atoms with Gasteiger partial charge in [0.25, 0.3) is 0 Å². The molecule has 9 nitrogen and oxygen atoms in total. The highest BCUT2D eigenvalue weighted by molar-refractivity contribution is 5.43. The van der Waals surface area contributed by atoms with Crippen LogP contribution in [0.5, 0.6) is 0 Å². The number of aliphatic hydroxyl groups is 3. The van der Waals surface area contributed by atoms with E-state index in [1.165, 1.54) is 12.1 Å². The smallest absolute Gasteiger partial charge is 0.187 e. The van der Waals surface area contributed by atoms with Gasteiger partial charge in [0, 0.05) is 18.7 Å². The van der Waals surface area contributed by atoms with Crippen molar-refractivity contribution in [2.24, 2.45) is 0 Å². The van der Waals surface area contributed by atoms with Crippen molar-refractivity contribution in [2.75, 3.05) is 26.0 Å². The molecule has 31 heavy (non-hydrogen) atoms. The molecule has 3 aliphatic rings. The Bertz CT molecular complexity index is 757. The van der Waals surface area contributed by atoms with E-state index in [1.807, 2.05) is 6.92 Å². The molecule has 2 aliphatic heterocycles. The second-order valence-electron chi connectivity index (χ2n) is 8.72. The molecule has 1 aromatic rings. The molecule has 1 aromatic carbocycles. The molecule has 10 heteroatoms. The minimum Gasteiger partial charge on any atom is -0.390 e. The van der Waals surface area contributed by atoms with Crippen molar-refractivity contribution >= 4 is 5.69 Å². The fourth-order valence-electron chi connectivity index (χ4n) is 5.05. The lowest BCUT2D eigenvalue weighted by Gasteiger charge is -2.57. The van der Waals surface area contributed by atoms with Gasteiger partial charge in [-0.1, -0.05) is 0 Å². The number of hydrogen-bond donors (Lipinski definition) is 6. The molecule has 2 heterocycles. The van der Waals surface area contributed by atoms with E-state index in [0.717, 1.165) is 0 Å². The Labute approximate surface area is 180 Å². The summed E-state index contributed by atoms with van der Waals surface area (Å²) in [5.74, 6) is -0.341.